The highest BCUT2D eigenvalue weighted by Gasteiger charge is 2.33. The van der Waals surface area contributed by atoms with Crippen LogP contribution in [0.2, 0.25) is 10.0 Å². The number of anilines is 1. The van der Waals surface area contributed by atoms with Crippen molar-refractivity contribution in [1.29, 1.82) is 0 Å². The maximum Gasteiger partial charge on any atom is 0.244 e. The highest BCUT2D eigenvalue weighted by molar-refractivity contribution is 7.92. The fourth-order valence-electron chi connectivity index (χ4n) is 4.27. The minimum absolute atomic E-state index is 0.0844. The van der Waals surface area contributed by atoms with Gasteiger partial charge in [-0.25, -0.2) is 8.42 Å². The normalized spacial score (nSPS) is 12.1. The number of nitrogens with zero attached hydrogens (tertiary/aromatic N) is 2. The lowest BCUT2D eigenvalue weighted by molar-refractivity contribution is -0.140. The standard InChI is InChI=1S/C30H35Cl2N3O4S/c1-5-16-33-30(37)28(18-23-10-7-6-8-11-23)34(19-25-26(31)12-9-13-27(25)32)29(36)20-35(40(4,38)39)24-15-14-21(2)22(3)17-24/h6-15,17,28H,5,16,18-20H2,1-4H3,(H,33,37)/t28-/m0/s1. The van der Waals surface area contributed by atoms with E-state index in [1.807, 2.05) is 57.2 Å². The average Bonchev–Trinajstić information content (AvgIpc) is 2.90. The third-order valence-electron chi connectivity index (χ3n) is 6.67. The van der Waals surface area contributed by atoms with Gasteiger partial charge in [-0.3, -0.25) is 13.9 Å². The van der Waals surface area contributed by atoms with E-state index in [0.29, 0.717) is 34.3 Å². The van der Waals surface area contributed by atoms with Crippen LogP contribution in [0.1, 0.15) is 35.6 Å². The molecule has 3 rings (SSSR count). The monoisotopic (exact) mass is 603 g/mol. The highest BCUT2D eigenvalue weighted by Crippen LogP contribution is 2.28. The Bertz CT molecular complexity index is 1430. The van der Waals surface area contributed by atoms with Crippen LogP contribution in [0.3, 0.4) is 0 Å². The van der Waals surface area contributed by atoms with Crippen molar-refractivity contribution < 1.29 is 18.0 Å². The summed E-state index contributed by atoms with van der Waals surface area (Å²) in [5, 5.41) is 3.58. The van der Waals surface area contributed by atoms with Crippen molar-refractivity contribution in [2.45, 2.75) is 46.2 Å². The fraction of sp³-hybridized carbons (Fsp3) is 0.333. The van der Waals surface area contributed by atoms with Gasteiger partial charge in [0.05, 0.1) is 11.9 Å². The molecule has 40 heavy (non-hydrogen) atoms. The van der Waals surface area contributed by atoms with E-state index in [-0.39, 0.29) is 18.9 Å². The first-order valence-electron chi connectivity index (χ1n) is 13.0. The molecule has 0 fully saturated rings. The second-order valence-corrected chi connectivity index (χ2v) is 12.5. The Kier molecular flexibility index (Phi) is 11.0. The van der Waals surface area contributed by atoms with Crippen molar-refractivity contribution in [2.24, 2.45) is 0 Å². The summed E-state index contributed by atoms with van der Waals surface area (Å²) in [7, 11) is -3.85. The summed E-state index contributed by atoms with van der Waals surface area (Å²) in [5.41, 5.74) is 3.56. The van der Waals surface area contributed by atoms with Crippen LogP contribution in [-0.4, -0.2) is 50.5 Å². The lowest BCUT2D eigenvalue weighted by Gasteiger charge is -2.34. The van der Waals surface area contributed by atoms with Crippen molar-refractivity contribution in [1.82, 2.24) is 10.2 Å². The van der Waals surface area contributed by atoms with Gasteiger partial charge in [0.1, 0.15) is 12.6 Å². The van der Waals surface area contributed by atoms with Crippen molar-refractivity contribution in [3.05, 3.63) is 99.0 Å². The van der Waals surface area contributed by atoms with E-state index in [4.69, 9.17) is 23.2 Å². The first-order chi connectivity index (χ1) is 18.9. The van der Waals surface area contributed by atoms with Gasteiger partial charge < -0.3 is 10.2 Å². The van der Waals surface area contributed by atoms with E-state index in [2.05, 4.69) is 5.32 Å². The van der Waals surface area contributed by atoms with Crippen molar-refractivity contribution in [3.63, 3.8) is 0 Å². The molecule has 1 N–H and O–H groups in total. The third-order valence-corrected chi connectivity index (χ3v) is 8.52. The van der Waals surface area contributed by atoms with Crippen LogP contribution in [0.5, 0.6) is 0 Å². The second kappa shape index (κ2) is 14.0. The number of rotatable bonds is 12. The molecule has 3 aromatic rings. The van der Waals surface area contributed by atoms with Crippen LogP contribution in [0.4, 0.5) is 5.69 Å². The average molecular weight is 605 g/mol. The van der Waals surface area contributed by atoms with E-state index in [9.17, 15) is 18.0 Å². The number of aryl methyl sites for hydroxylation is 2. The Morgan fingerprint density at radius 1 is 0.925 bits per heavy atom. The molecule has 0 aliphatic carbocycles. The molecule has 0 heterocycles. The molecule has 214 valence electrons. The number of hydrogen-bond acceptors (Lipinski definition) is 4. The van der Waals surface area contributed by atoms with Crippen molar-refractivity contribution >= 4 is 50.7 Å². The van der Waals surface area contributed by atoms with Crippen LogP contribution < -0.4 is 9.62 Å². The fourth-order valence-corrected chi connectivity index (χ4v) is 5.63. The number of sulfonamides is 1. The zero-order valence-electron chi connectivity index (χ0n) is 23.2. The number of carbonyl (C=O) groups excluding carboxylic acids is 2. The van der Waals surface area contributed by atoms with Crippen molar-refractivity contribution in [3.8, 4) is 0 Å². The van der Waals surface area contributed by atoms with Gasteiger partial charge in [-0.05, 0) is 61.2 Å². The molecule has 0 aliphatic rings. The molecule has 10 heteroatoms. The molecule has 0 bridgehead atoms. The summed E-state index contributed by atoms with van der Waals surface area (Å²) in [4.78, 5) is 29.0. The van der Waals surface area contributed by atoms with Crippen LogP contribution in [0.15, 0.2) is 66.7 Å². The number of hydrogen-bond donors (Lipinski definition) is 1. The Morgan fingerprint density at radius 3 is 2.15 bits per heavy atom. The molecule has 1 atom stereocenters. The molecule has 2 amide bonds. The molecule has 0 unspecified atom stereocenters. The summed E-state index contributed by atoms with van der Waals surface area (Å²) in [6.45, 7) is 5.58. The zero-order valence-corrected chi connectivity index (χ0v) is 25.5. The molecule has 0 spiro atoms. The molecule has 7 nitrogen and oxygen atoms in total. The number of amides is 2. The summed E-state index contributed by atoms with van der Waals surface area (Å²) >= 11 is 13.0. The van der Waals surface area contributed by atoms with Gasteiger partial charge in [0, 0.05) is 35.1 Å². The first kappa shape index (κ1) is 31.5. The lowest BCUT2D eigenvalue weighted by atomic mass is 10.0. The van der Waals surface area contributed by atoms with Gasteiger partial charge in [-0.1, -0.05) is 72.6 Å². The van der Waals surface area contributed by atoms with Crippen LogP contribution in [-0.2, 0) is 32.6 Å². The molecule has 0 saturated carbocycles. The highest BCUT2D eigenvalue weighted by atomic mass is 35.5. The van der Waals surface area contributed by atoms with E-state index in [1.54, 1.807) is 30.3 Å². The second-order valence-electron chi connectivity index (χ2n) is 9.76. The maximum absolute atomic E-state index is 14.1. The summed E-state index contributed by atoms with van der Waals surface area (Å²) < 4.78 is 26.9. The smallest absolute Gasteiger partial charge is 0.244 e. The quantitative estimate of drug-likeness (QED) is 0.294. The van der Waals surface area contributed by atoms with E-state index < -0.39 is 28.5 Å². The van der Waals surface area contributed by atoms with Gasteiger partial charge in [-0.15, -0.1) is 0 Å². The Hall–Kier alpha value is -3.07. The Labute approximate surface area is 247 Å². The molecule has 0 aromatic heterocycles. The minimum Gasteiger partial charge on any atom is -0.354 e. The molecule has 0 aliphatic heterocycles. The number of halogens is 2. The van der Waals surface area contributed by atoms with Gasteiger partial charge >= 0.3 is 0 Å². The van der Waals surface area contributed by atoms with E-state index >= 15 is 0 Å². The first-order valence-corrected chi connectivity index (χ1v) is 15.6. The molecule has 0 saturated heterocycles. The topological polar surface area (TPSA) is 86.8 Å². The zero-order chi connectivity index (χ0) is 29.4. The number of nitrogens with one attached hydrogen (secondary N) is 1. The van der Waals surface area contributed by atoms with E-state index in [0.717, 1.165) is 27.3 Å². The Balaban J connectivity index is 2.10. The SMILES string of the molecule is CCCNC(=O)[C@H](Cc1ccccc1)N(Cc1c(Cl)cccc1Cl)C(=O)CN(c1ccc(C)c(C)c1)S(C)(=O)=O. The maximum atomic E-state index is 14.1. The predicted octanol–water partition coefficient (Wildman–Crippen LogP) is 5.54. The van der Waals surface area contributed by atoms with Gasteiger partial charge in [-0.2, -0.15) is 0 Å². The van der Waals surface area contributed by atoms with Crippen LogP contribution in [0.25, 0.3) is 0 Å². The lowest BCUT2D eigenvalue weighted by Crippen LogP contribution is -2.53. The van der Waals surface area contributed by atoms with Crippen LogP contribution in [0, 0.1) is 13.8 Å². The van der Waals surface area contributed by atoms with Gasteiger partial charge in [0.25, 0.3) is 0 Å². The summed E-state index contributed by atoms with van der Waals surface area (Å²) in [5.74, 6) is -0.911. The number of carbonyl (C=O) groups is 2. The summed E-state index contributed by atoms with van der Waals surface area (Å²) in [6, 6.07) is 18.6. The Morgan fingerprint density at radius 2 is 1.57 bits per heavy atom. The van der Waals surface area contributed by atoms with Crippen molar-refractivity contribution in [2.75, 3.05) is 23.7 Å². The molecular formula is C30H35Cl2N3O4S. The van der Waals surface area contributed by atoms with E-state index in [1.165, 1.54) is 4.90 Å². The number of benzene rings is 3. The minimum atomic E-state index is -3.85. The molecular weight excluding hydrogens is 569 g/mol. The van der Waals surface area contributed by atoms with Gasteiger partial charge in [0.2, 0.25) is 21.8 Å². The molecule has 3 aromatic carbocycles. The largest absolute Gasteiger partial charge is 0.354 e. The summed E-state index contributed by atoms with van der Waals surface area (Å²) in [6.07, 6.45) is 1.98. The third kappa shape index (κ3) is 8.22. The van der Waals surface area contributed by atoms with Crippen LogP contribution >= 0.6 is 23.2 Å². The van der Waals surface area contributed by atoms with Gasteiger partial charge in [0.15, 0.2) is 0 Å². The predicted molar refractivity (Wildman–Crippen MR) is 162 cm³/mol. The molecule has 0 radical (unpaired) electrons.